The van der Waals surface area contributed by atoms with Crippen LogP contribution >= 0.6 is 0 Å². The normalized spacial score (nSPS) is 11.6. The number of aromatic nitrogens is 4. The summed E-state index contributed by atoms with van der Waals surface area (Å²) >= 11 is 0. The Bertz CT molecular complexity index is 1110. The fourth-order valence-corrected chi connectivity index (χ4v) is 3.25. The molecular weight excluding hydrogens is 363 g/mol. The van der Waals surface area contributed by atoms with E-state index in [9.17, 15) is 14.0 Å². The maximum absolute atomic E-state index is 13.8. The molecule has 0 unspecified atom stereocenters. The third-order valence-electron chi connectivity index (χ3n) is 4.79. The topological polar surface area (TPSA) is 82.1 Å². The minimum atomic E-state index is -0.481. The maximum atomic E-state index is 13.8. The Hall–Kier alpha value is -2.74. The number of imidazole rings is 1. The SMILES string of the molecule is CC(C)CCn1c(-c2cccc(F)c2)nc2c1c(=O)n(CCCO)c(=O)n2C. The number of halogens is 1. The highest BCUT2D eigenvalue weighted by atomic mass is 19.1. The quantitative estimate of drug-likeness (QED) is 0.672. The van der Waals surface area contributed by atoms with Crippen molar-refractivity contribution in [2.24, 2.45) is 13.0 Å². The van der Waals surface area contributed by atoms with Crippen molar-refractivity contribution >= 4 is 11.2 Å². The van der Waals surface area contributed by atoms with Gasteiger partial charge in [-0.25, -0.2) is 14.2 Å². The van der Waals surface area contributed by atoms with Gasteiger partial charge in [0.2, 0.25) is 0 Å². The molecule has 0 bridgehead atoms. The number of rotatable bonds is 7. The summed E-state index contributed by atoms with van der Waals surface area (Å²) in [4.78, 5) is 30.3. The molecule has 0 aliphatic carbocycles. The molecule has 0 saturated heterocycles. The summed E-state index contributed by atoms with van der Waals surface area (Å²) in [6.45, 7) is 4.69. The second kappa shape index (κ2) is 8.10. The summed E-state index contributed by atoms with van der Waals surface area (Å²) in [6.07, 6.45) is 1.10. The van der Waals surface area contributed by atoms with Gasteiger partial charge in [-0.2, -0.15) is 0 Å². The zero-order valence-corrected chi connectivity index (χ0v) is 16.4. The minimum absolute atomic E-state index is 0.116. The van der Waals surface area contributed by atoms with Gasteiger partial charge in [0.1, 0.15) is 11.6 Å². The maximum Gasteiger partial charge on any atom is 0.332 e. The van der Waals surface area contributed by atoms with Gasteiger partial charge in [0.25, 0.3) is 5.56 Å². The molecule has 0 radical (unpaired) electrons. The van der Waals surface area contributed by atoms with Crippen LogP contribution in [0, 0.1) is 11.7 Å². The van der Waals surface area contributed by atoms with Gasteiger partial charge in [-0.05, 0) is 30.9 Å². The standard InChI is InChI=1S/C20H25FN4O3/c1-13(2)8-10-24-16-18(22-17(24)14-6-4-7-15(21)12-14)23(3)20(28)25(19(16)27)9-5-11-26/h4,6-7,12-13,26H,5,8-11H2,1-3H3. The molecule has 2 aromatic heterocycles. The van der Waals surface area contributed by atoms with Crippen LogP contribution in [0.5, 0.6) is 0 Å². The van der Waals surface area contributed by atoms with Crippen LogP contribution in [0.1, 0.15) is 26.7 Å². The summed E-state index contributed by atoms with van der Waals surface area (Å²) in [7, 11) is 1.56. The van der Waals surface area contributed by atoms with Crippen molar-refractivity contribution in [2.45, 2.75) is 39.8 Å². The van der Waals surface area contributed by atoms with E-state index in [-0.39, 0.29) is 18.8 Å². The fourth-order valence-electron chi connectivity index (χ4n) is 3.25. The molecule has 0 saturated carbocycles. The van der Waals surface area contributed by atoms with E-state index in [1.165, 1.54) is 16.7 Å². The average Bonchev–Trinajstić information content (AvgIpc) is 3.04. The molecule has 0 atom stereocenters. The highest BCUT2D eigenvalue weighted by Crippen LogP contribution is 2.24. The number of aliphatic hydroxyl groups excluding tert-OH is 1. The lowest BCUT2D eigenvalue weighted by atomic mass is 10.1. The molecule has 0 aliphatic heterocycles. The lowest BCUT2D eigenvalue weighted by Gasteiger charge is -2.12. The van der Waals surface area contributed by atoms with E-state index >= 15 is 0 Å². The molecule has 150 valence electrons. The van der Waals surface area contributed by atoms with Crippen LogP contribution in [0.3, 0.4) is 0 Å². The van der Waals surface area contributed by atoms with E-state index in [0.29, 0.717) is 35.8 Å². The van der Waals surface area contributed by atoms with Crippen LogP contribution in [0.25, 0.3) is 22.6 Å². The molecule has 2 heterocycles. The van der Waals surface area contributed by atoms with E-state index in [4.69, 9.17) is 5.11 Å². The predicted molar refractivity (Wildman–Crippen MR) is 106 cm³/mol. The number of nitrogens with zero attached hydrogens (tertiary/aromatic N) is 4. The highest BCUT2D eigenvalue weighted by Gasteiger charge is 2.21. The number of benzene rings is 1. The predicted octanol–water partition coefficient (Wildman–Crippen LogP) is 2.13. The lowest BCUT2D eigenvalue weighted by molar-refractivity contribution is 0.277. The third kappa shape index (κ3) is 3.64. The molecular formula is C20H25FN4O3. The minimum Gasteiger partial charge on any atom is -0.396 e. The summed E-state index contributed by atoms with van der Waals surface area (Å²) < 4.78 is 18.0. The zero-order valence-electron chi connectivity index (χ0n) is 16.4. The van der Waals surface area contributed by atoms with Crippen LogP contribution in [0.2, 0.25) is 0 Å². The Morgan fingerprint density at radius 1 is 1.18 bits per heavy atom. The first-order valence-corrected chi connectivity index (χ1v) is 9.42. The van der Waals surface area contributed by atoms with Gasteiger partial charge in [-0.1, -0.05) is 26.0 Å². The molecule has 0 aliphatic rings. The van der Waals surface area contributed by atoms with Crippen molar-refractivity contribution in [1.29, 1.82) is 0 Å². The molecule has 0 fully saturated rings. The molecule has 0 amide bonds. The molecule has 28 heavy (non-hydrogen) atoms. The summed E-state index contributed by atoms with van der Waals surface area (Å²) in [5.41, 5.74) is 0.225. The van der Waals surface area contributed by atoms with Crippen molar-refractivity contribution < 1.29 is 9.50 Å². The van der Waals surface area contributed by atoms with Crippen LogP contribution in [-0.2, 0) is 20.1 Å². The van der Waals surface area contributed by atoms with Gasteiger partial charge in [0.05, 0.1) is 0 Å². The number of hydrogen-bond donors (Lipinski definition) is 1. The fraction of sp³-hybridized carbons (Fsp3) is 0.450. The van der Waals surface area contributed by atoms with Gasteiger partial charge >= 0.3 is 5.69 Å². The zero-order chi connectivity index (χ0) is 20.4. The molecule has 8 heteroatoms. The summed E-state index contributed by atoms with van der Waals surface area (Å²) in [5, 5.41) is 9.09. The van der Waals surface area contributed by atoms with E-state index in [1.54, 1.807) is 23.7 Å². The van der Waals surface area contributed by atoms with Gasteiger partial charge in [0, 0.05) is 32.3 Å². The molecule has 7 nitrogen and oxygen atoms in total. The largest absolute Gasteiger partial charge is 0.396 e. The molecule has 3 aromatic rings. The molecule has 0 spiro atoms. The van der Waals surface area contributed by atoms with Crippen LogP contribution in [-0.4, -0.2) is 30.4 Å². The number of aliphatic hydroxyl groups is 1. The highest BCUT2D eigenvalue weighted by molar-refractivity contribution is 5.77. The van der Waals surface area contributed by atoms with Crippen LogP contribution in [0.4, 0.5) is 4.39 Å². The number of aryl methyl sites for hydroxylation is 2. The van der Waals surface area contributed by atoms with E-state index in [1.807, 2.05) is 0 Å². The van der Waals surface area contributed by atoms with E-state index in [0.717, 1.165) is 11.0 Å². The van der Waals surface area contributed by atoms with Gasteiger partial charge in [0.15, 0.2) is 11.2 Å². The summed E-state index contributed by atoms with van der Waals surface area (Å²) in [6, 6.07) is 6.05. The molecule has 1 aromatic carbocycles. The van der Waals surface area contributed by atoms with Gasteiger partial charge in [-0.3, -0.25) is 13.9 Å². The smallest absolute Gasteiger partial charge is 0.332 e. The average molecular weight is 388 g/mol. The second-order valence-corrected chi connectivity index (χ2v) is 7.33. The Kier molecular flexibility index (Phi) is 5.79. The monoisotopic (exact) mass is 388 g/mol. The summed E-state index contributed by atoms with van der Waals surface area (Å²) in [5.74, 6) is 0.457. The van der Waals surface area contributed by atoms with Crippen molar-refractivity contribution in [3.63, 3.8) is 0 Å². The first-order valence-electron chi connectivity index (χ1n) is 9.42. The van der Waals surface area contributed by atoms with Crippen molar-refractivity contribution in [2.75, 3.05) is 6.61 Å². The first-order chi connectivity index (χ1) is 13.3. The second-order valence-electron chi connectivity index (χ2n) is 7.33. The third-order valence-corrected chi connectivity index (χ3v) is 4.79. The Labute approximate surface area is 161 Å². The molecule has 1 N–H and O–H groups in total. The van der Waals surface area contributed by atoms with Crippen molar-refractivity contribution in [3.05, 3.63) is 50.9 Å². The Balaban J connectivity index is 2.33. The van der Waals surface area contributed by atoms with Gasteiger partial charge < -0.3 is 9.67 Å². The Morgan fingerprint density at radius 3 is 2.57 bits per heavy atom. The van der Waals surface area contributed by atoms with Crippen molar-refractivity contribution in [3.8, 4) is 11.4 Å². The lowest BCUT2D eigenvalue weighted by Crippen LogP contribution is -2.39. The van der Waals surface area contributed by atoms with Crippen molar-refractivity contribution in [1.82, 2.24) is 18.7 Å². The molecule has 3 rings (SSSR count). The van der Waals surface area contributed by atoms with E-state index < -0.39 is 17.1 Å². The number of fused-ring (bicyclic) bond motifs is 1. The first kappa shape index (κ1) is 20.0. The number of hydrogen-bond acceptors (Lipinski definition) is 4. The van der Waals surface area contributed by atoms with Crippen LogP contribution in [0.15, 0.2) is 33.9 Å². The van der Waals surface area contributed by atoms with E-state index in [2.05, 4.69) is 18.8 Å². The van der Waals surface area contributed by atoms with Gasteiger partial charge in [-0.15, -0.1) is 0 Å². The Morgan fingerprint density at radius 2 is 1.93 bits per heavy atom. The van der Waals surface area contributed by atoms with Crippen LogP contribution < -0.4 is 11.2 Å².